The van der Waals surface area contributed by atoms with E-state index in [9.17, 15) is 4.79 Å². The van der Waals surface area contributed by atoms with E-state index in [0.29, 0.717) is 11.1 Å². The Morgan fingerprint density at radius 2 is 2.00 bits per heavy atom. The van der Waals surface area contributed by atoms with E-state index in [4.69, 9.17) is 4.42 Å². The molecule has 118 valence electrons. The summed E-state index contributed by atoms with van der Waals surface area (Å²) in [6.07, 6.45) is 1.11. The maximum absolute atomic E-state index is 12.0. The van der Waals surface area contributed by atoms with Crippen LogP contribution in [0.3, 0.4) is 0 Å². The molecule has 0 aliphatic rings. The molecule has 1 amide bonds. The van der Waals surface area contributed by atoms with Gasteiger partial charge in [-0.05, 0) is 43.9 Å². The summed E-state index contributed by atoms with van der Waals surface area (Å²) in [6.45, 7) is 8.13. The van der Waals surface area contributed by atoms with Gasteiger partial charge in [0.05, 0.1) is 11.4 Å². The smallest absolute Gasteiger partial charge is 0.256 e. The van der Waals surface area contributed by atoms with E-state index in [1.165, 1.54) is 17.3 Å². The normalized spacial score (nSPS) is 12.2. The molecule has 2 rings (SSSR count). The number of hydrogen-bond acceptors (Lipinski definition) is 4. The van der Waals surface area contributed by atoms with Crippen molar-refractivity contribution in [3.8, 4) is 0 Å². The molecule has 22 heavy (non-hydrogen) atoms. The second kappa shape index (κ2) is 7.49. The zero-order chi connectivity index (χ0) is 16.1. The Morgan fingerprint density at radius 1 is 1.32 bits per heavy atom. The lowest BCUT2D eigenvalue weighted by Gasteiger charge is -2.10. The second-order valence-electron chi connectivity index (χ2n) is 5.39. The molecule has 0 radical (unpaired) electrons. The Balaban J connectivity index is 1.86. The van der Waals surface area contributed by atoms with Gasteiger partial charge in [0.15, 0.2) is 0 Å². The minimum atomic E-state index is -0.0604. The number of benzene rings is 1. The van der Waals surface area contributed by atoms with Crippen LogP contribution in [0.1, 0.15) is 43.2 Å². The SMILES string of the molecule is CCC(C)c1ccc(NC(=O)CSc2nc(C)c(C)o2)cc1. The lowest BCUT2D eigenvalue weighted by Crippen LogP contribution is -2.14. The maximum Gasteiger partial charge on any atom is 0.256 e. The van der Waals surface area contributed by atoms with Gasteiger partial charge in [-0.15, -0.1) is 0 Å². The van der Waals surface area contributed by atoms with Crippen molar-refractivity contribution in [2.45, 2.75) is 45.3 Å². The van der Waals surface area contributed by atoms with Crippen LogP contribution in [0.2, 0.25) is 0 Å². The molecule has 0 bridgehead atoms. The van der Waals surface area contributed by atoms with Crippen LogP contribution in [0.15, 0.2) is 33.9 Å². The predicted molar refractivity (Wildman–Crippen MR) is 90.5 cm³/mol. The maximum atomic E-state index is 12.0. The van der Waals surface area contributed by atoms with Crippen molar-refractivity contribution in [3.05, 3.63) is 41.3 Å². The Labute approximate surface area is 135 Å². The zero-order valence-corrected chi connectivity index (χ0v) is 14.3. The molecule has 5 heteroatoms. The highest BCUT2D eigenvalue weighted by Crippen LogP contribution is 2.22. The number of amides is 1. The van der Waals surface area contributed by atoms with Gasteiger partial charge in [0, 0.05) is 5.69 Å². The van der Waals surface area contributed by atoms with Gasteiger partial charge in [-0.1, -0.05) is 37.7 Å². The van der Waals surface area contributed by atoms with E-state index in [-0.39, 0.29) is 11.7 Å². The van der Waals surface area contributed by atoms with Crippen LogP contribution in [0.25, 0.3) is 0 Å². The first kappa shape index (κ1) is 16.6. The number of thioether (sulfide) groups is 1. The lowest BCUT2D eigenvalue weighted by molar-refractivity contribution is -0.113. The Kier molecular flexibility index (Phi) is 5.66. The molecule has 1 aromatic heterocycles. The molecule has 4 nitrogen and oxygen atoms in total. The molecule has 1 unspecified atom stereocenters. The fourth-order valence-electron chi connectivity index (χ4n) is 1.96. The van der Waals surface area contributed by atoms with Gasteiger partial charge in [-0.25, -0.2) is 4.98 Å². The van der Waals surface area contributed by atoms with E-state index in [1.807, 2.05) is 26.0 Å². The fraction of sp³-hybridized carbons (Fsp3) is 0.412. The number of nitrogens with zero attached hydrogens (tertiary/aromatic N) is 1. The number of rotatable bonds is 6. The molecule has 0 spiro atoms. The molecule has 0 fully saturated rings. The van der Waals surface area contributed by atoms with Crippen molar-refractivity contribution in [1.29, 1.82) is 0 Å². The number of anilines is 1. The Morgan fingerprint density at radius 3 is 2.55 bits per heavy atom. The molecule has 1 N–H and O–H groups in total. The molecule has 2 aromatic rings. The van der Waals surface area contributed by atoms with E-state index in [1.54, 1.807) is 0 Å². The quantitative estimate of drug-likeness (QED) is 0.795. The predicted octanol–water partition coefficient (Wildman–Crippen LogP) is 4.54. The number of carbonyl (C=O) groups excluding carboxylic acids is 1. The van der Waals surface area contributed by atoms with E-state index in [2.05, 4.69) is 36.3 Å². The first-order valence-corrected chi connectivity index (χ1v) is 8.44. The van der Waals surface area contributed by atoms with Crippen LogP contribution in [0, 0.1) is 13.8 Å². The zero-order valence-electron chi connectivity index (χ0n) is 13.5. The summed E-state index contributed by atoms with van der Waals surface area (Å²) in [7, 11) is 0. The summed E-state index contributed by atoms with van der Waals surface area (Å²) in [5, 5.41) is 3.43. The molecule has 1 atom stereocenters. The van der Waals surface area contributed by atoms with Crippen LogP contribution in [0.4, 0.5) is 5.69 Å². The van der Waals surface area contributed by atoms with Gasteiger partial charge < -0.3 is 9.73 Å². The van der Waals surface area contributed by atoms with Crippen LogP contribution in [-0.2, 0) is 4.79 Å². The fourth-order valence-corrected chi connectivity index (χ4v) is 2.67. The van der Waals surface area contributed by atoms with Gasteiger partial charge in [0.25, 0.3) is 5.22 Å². The number of hydrogen-bond donors (Lipinski definition) is 1. The topological polar surface area (TPSA) is 55.1 Å². The standard InChI is InChI=1S/C17H22N2O2S/c1-5-11(2)14-6-8-15(9-7-14)19-16(20)10-22-17-18-12(3)13(4)21-17/h6-9,11H,5,10H2,1-4H3,(H,19,20). The largest absolute Gasteiger partial charge is 0.437 e. The third-order valence-electron chi connectivity index (χ3n) is 3.71. The number of carbonyl (C=O) groups is 1. The van der Waals surface area contributed by atoms with Gasteiger partial charge in [-0.3, -0.25) is 4.79 Å². The van der Waals surface area contributed by atoms with Gasteiger partial charge in [0.1, 0.15) is 5.76 Å². The molecular weight excluding hydrogens is 296 g/mol. The van der Waals surface area contributed by atoms with Crippen molar-refractivity contribution in [1.82, 2.24) is 4.98 Å². The summed E-state index contributed by atoms with van der Waals surface area (Å²) in [5.74, 6) is 1.56. The van der Waals surface area contributed by atoms with E-state index < -0.39 is 0 Å². The average molecular weight is 318 g/mol. The third-order valence-corrected chi connectivity index (χ3v) is 4.54. The van der Waals surface area contributed by atoms with Crippen molar-refractivity contribution in [3.63, 3.8) is 0 Å². The van der Waals surface area contributed by atoms with Crippen molar-refractivity contribution < 1.29 is 9.21 Å². The molecule has 1 aromatic carbocycles. The van der Waals surface area contributed by atoms with Gasteiger partial charge >= 0.3 is 0 Å². The monoisotopic (exact) mass is 318 g/mol. The van der Waals surface area contributed by atoms with Crippen LogP contribution in [0.5, 0.6) is 0 Å². The molecule has 0 aliphatic heterocycles. The Bertz CT molecular complexity index is 615. The number of aryl methyl sites for hydroxylation is 2. The van der Waals surface area contributed by atoms with E-state index >= 15 is 0 Å². The van der Waals surface area contributed by atoms with Crippen LogP contribution >= 0.6 is 11.8 Å². The van der Waals surface area contributed by atoms with Gasteiger partial charge in [0.2, 0.25) is 5.91 Å². The summed E-state index contributed by atoms with van der Waals surface area (Å²) in [6, 6.07) is 8.03. The average Bonchev–Trinajstić information content (AvgIpc) is 2.84. The van der Waals surface area contributed by atoms with Gasteiger partial charge in [-0.2, -0.15) is 0 Å². The highest BCUT2D eigenvalue weighted by molar-refractivity contribution is 7.99. The molecular formula is C17H22N2O2S. The first-order chi connectivity index (χ1) is 10.5. The highest BCUT2D eigenvalue weighted by atomic mass is 32.2. The van der Waals surface area contributed by atoms with E-state index in [0.717, 1.165) is 23.6 Å². The molecule has 0 aliphatic carbocycles. The lowest BCUT2D eigenvalue weighted by atomic mass is 9.99. The van der Waals surface area contributed by atoms with Crippen molar-refractivity contribution in [2.75, 3.05) is 11.1 Å². The summed E-state index contributed by atoms with van der Waals surface area (Å²) in [4.78, 5) is 16.2. The number of oxazole rings is 1. The highest BCUT2D eigenvalue weighted by Gasteiger charge is 2.10. The summed E-state index contributed by atoms with van der Waals surface area (Å²) >= 11 is 1.30. The number of aromatic nitrogens is 1. The third kappa shape index (κ3) is 4.37. The summed E-state index contributed by atoms with van der Waals surface area (Å²) < 4.78 is 5.44. The van der Waals surface area contributed by atoms with Crippen LogP contribution in [-0.4, -0.2) is 16.6 Å². The first-order valence-electron chi connectivity index (χ1n) is 7.46. The number of nitrogens with one attached hydrogen (secondary N) is 1. The second-order valence-corrected chi connectivity index (χ2v) is 6.32. The van der Waals surface area contributed by atoms with Crippen molar-refractivity contribution in [2.24, 2.45) is 0 Å². The Hall–Kier alpha value is -1.75. The molecule has 0 saturated carbocycles. The van der Waals surface area contributed by atoms with Crippen molar-refractivity contribution >= 4 is 23.4 Å². The minimum Gasteiger partial charge on any atom is -0.437 e. The minimum absolute atomic E-state index is 0.0604. The summed E-state index contributed by atoms with van der Waals surface area (Å²) in [5.41, 5.74) is 2.97. The molecule has 0 saturated heterocycles. The van der Waals surface area contributed by atoms with Crippen LogP contribution < -0.4 is 5.32 Å². The molecule has 1 heterocycles.